The number of nitrogens with one attached hydrogen (secondary N) is 1. The number of alkyl halides is 1. The summed E-state index contributed by atoms with van der Waals surface area (Å²) in [5.41, 5.74) is 0. The molecule has 0 spiro atoms. The number of halogens is 1. The number of rotatable bonds is 4. The zero-order chi connectivity index (χ0) is 12.6. The van der Waals surface area contributed by atoms with Crippen LogP contribution in [-0.4, -0.2) is 35.9 Å². The predicted octanol–water partition coefficient (Wildman–Crippen LogP) is 2.51. The van der Waals surface area contributed by atoms with E-state index in [1.165, 1.54) is 32.6 Å². The molecule has 4 heteroatoms. The Balaban J connectivity index is 0. The molecule has 3 nitrogen and oxygen atoms in total. The Morgan fingerprint density at radius 1 is 1.44 bits per heavy atom. The predicted molar refractivity (Wildman–Crippen MR) is 73.2 cm³/mol. The van der Waals surface area contributed by atoms with Crippen LogP contribution in [0.4, 0.5) is 0 Å². The van der Waals surface area contributed by atoms with E-state index in [4.69, 9.17) is 9.90 Å². The fourth-order valence-electron chi connectivity index (χ4n) is 1.26. The Morgan fingerprint density at radius 3 is 2.19 bits per heavy atom. The third-order valence-electron chi connectivity index (χ3n) is 2.05. The van der Waals surface area contributed by atoms with Crippen molar-refractivity contribution in [3.8, 4) is 0 Å². The zero-order valence-electron chi connectivity index (χ0n) is 10.5. The molecule has 0 saturated heterocycles. The molecule has 0 aromatic carbocycles. The van der Waals surface area contributed by atoms with Gasteiger partial charge in [0.2, 0.25) is 0 Å². The molecule has 0 atom stereocenters. The second kappa shape index (κ2) is 17.5. The van der Waals surface area contributed by atoms with Crippen LogP contribution in [0.3, 0.4) is 0 Å². The van der Waals surface area contributed by atoms with Crippen molar-refractivity contribution < 1.29 is 9.90 Å². The molecule has 1 saturated carbocycles. The minimum absolute atomic E-state index is 0.299. The molecule has 1 rings (SSSR count). The molecule has 1 aliphatic carbocycles. The SMILES string of the molecule is BrC1CCCC1.CC=O.CCNCCCO. The standard InChI is InChI=1S/C5H9Br.C5H13NO.C2H4O/c6-5-3-1-2-4-5;1-2-6-4-3-5-7;1-2-3/h5H,1-4H2;6-7H,2-5H2,1H3;2H,1H3. The molecule has 0 aromatic heterocycles. The van der Waals surface area contributed by atoms with Crippen LogP contribution >= 0.6 is 15.9 Å². The molecular formula is C12H26BrNO2. The van der Waals surface area contributed by atoms with Crippen molar-refractivity contribution in [2.75, 3.05) is 19.7 Å². The minimum atomic E-state index is 0.299. The maximum Gasteiger partial charge on any atom is 0.116 e. The van der Waals surface area contributed by atoms with Crippen molar-refractivity contribution in [2.45, 2.75) is 50.8 Å². The van der Waals surface area contributed by atoms with E-state index in [1.54, 1.807) is 0 Å². The third-order valence-corrected chi connectivity index (χ3v) is 2.96. The fraction of sp³-hybridized carbons (Fsp3) is 0.917. The minimum Gasteiger partial charge on any atom is -0.396 e. The van der Waals surface area contributed by atoms with Gasteiger partial charge in [0.15, 0.2) is 0 Å². The van der Waals surface area contributed by atoms with Gasteiger partial charge in [0.1, 0.15) is 6.29 Å². The lowest BCUT2D eigenvalue weighted by atomic mass is 10.4. The van der Waals surface area contributed by atoms with Crippen LogP contribution in [0.15, 0.2) is 0 Å². The summed E-state index contributed by atoms with van der Waals surface area (Å²) in [6.45, 7) is 5.73. The number of hydrogen-bond acceptors (Lipinski definition) is 3. The normalized spacial score (nSPS) is 14.5. The van der Waals surface area contributed by atoms with Crippen molar-refractivity contribution in [3.05, 3.63) is 0 Å². The van der Waals surface area contributed by atoms with Gasteiger partial charge in [-0.25, -0.2) is 0 Å². The van der Waals surface area contributed by atoms with Gasteiger partial charge in [0.25, 0.3) is 0 Å². The largest absolute Gasteiger partial charge is 0.396 e. The summed E-state index contributed by atoms with van der Waals surface area (Å²) < 4.78 is 0. The fourth-order valence-corrected chi connectivity index (χ4v) is 1.90. The van der Waals surface area contributed by atoms with Gasteiger partial charge in [-0.2, -0.15) is 0 Å². The first-order valence-corrected chi connectivity index (χ1v) is 6.99. The second-order valence-corrected chi connectivity index (χ2v) is 4.84. The van der Waals surface area contributed by atoms with E-state index in [1.807, 2.05) is 0 Å². The van der Waals surface area contributed by atoms with Crippen molar-refractivity contribution in [1.29, 1.82) is 0 Å². The van der Waals surface area contributed by atoms with Gasteiger partial charge in [0.05, 0.1) is 0 Å². The van der Waals surface area contributed by atoms with Gasteiger partial charge in [0, 0.05) is 11.4 Å². The van der Waals surface area contributed by atoms with Crippen LogP contribution in [-0.2, 0) is 4.79 Å². The highest BCUT2D eigenvalue weighted by molar-refractivity contribution is 9.09. The number of aliphatic hydroxyl groups is 1. The second-order valence-electron chi connectivity index (χ2n) is 3.55. The lowest BCUT2D eigenvalue weighted by Gasteiger charge is -1.94. The van der Waals surface area contributed by atoms with Gasteiger partial charge in [-0.15, -0.1) is 0 Å². The molecule has 1 aliphatic rings. The average molecular weight is 296 g/mol. The van der Waals surface area contributed by atoms with Crippen LogP contribution in [0.5, 0.6) is 0 Å². The van der Waals surface area contributed by atoms with Crippen molar-refractivity contribution >= 4 is 22.2 Å². The van der Waals surface area contributed by atoms with E-state index in [2.05, 4.69) is 28.2 Å². The van der Waals surface area contributed by atoms with Crippen LogP contribution in [0, 0.1) is 0 Å². The lowest BCUT2D eigenvalue weighted by molar-refractivity contribution is -0.106. The number of carbonyl (C=O) groups is 1. The van der Waals surface area contributed by atoms with Crippen molar-refractivity contribution in [1.82, 2.24) is 5.32 Å². The topological polar surface area (TPSA) is 49.3 Å². The molecular weight excluding hydrogens is 270 g/mol. The molecule has 0 heterocycles. The van der Waals surface area contributed by atoms with Crippen molar-refractivity contribution in [2.24, 2.45) is 0 Å². The number of aldehydes is 1. The Hall–Kier alpha value is 0.0700. The van der Waals surface area contributed by atoms with Crippen LogP contribution in [0.2, 0.25) is 0 Å². The maximum absolute atomic E-state index is 8.81. The van der Waals surface area contributed by atoms with Crippen LogP contribution in [0.1, 0.15) is 46.0 Å². The van der Waals surface area contributed by atoms with Crippen LogP contribution in [0.25, 0.3) is 0 Å². The highest BCUT2D eigenvalue weighted by atomic mass is 79.9. The highest BCUT2D eigenvalue weighted by Crippen LogP contribution is 2.23. The molecule has 98 valence electrons. The van der Waals surface area contributed by atoms with Gasteiger partial charge in [-0.05, 0) is 39.3 Å². The molecule has 1 fully saturated rings. The first kappa shape index (κ1) is 18.4. The smallest absolute Gasteiger partial charge is 0.116 e. The molecule has 16 heavy (non-hydrogen) atoms. The van der Waals surface area contributed by atoms with E-state index in [0.717, 1.165) is 30.6 Å². The summed E-state index contributed by atoms with van der Waals surface area (Å²) >= 11 is 3.54. The van der Waals surface area contributed by atoms with Crippen molar-refractivity contribution in [3.63, 3.8) is 0 Å². The molecule has 0 aliphatic heterocycles. The Labute approximate surface area is 108 Å². The third kappa shape index (κ3) is 19.6. The van der Waals surface area contributed by atoms with E-state index in [-0.39, 0.29) is 0 Å². The highest BCUT2D eigenvalue weighted by Gasteiger charge is 2.09. The quantitative estimate of drug-likeness (QED) is 0.476. The summed E-state index contributed by atoms with van der Waals surface area (Å²) in [5, 5.41) is 11.3. The van der Waals surface area contributed by atoms with E-state index in [0.29, 0.717) is 6.61 Å². The summed E-state index contributed by atoms with van der Waals surface area (Å²) in [6, 6.07) is 0. The molecule has 0 aromatic rings. The van der Waals surface area contributed by atoms with Gasteiger partial charge < -0.3 is 15.2 Å². The van der Waals surface area contributed by atoms with E-state index < -0.39 is 0 Å². The van der Waals surface area contributed by atoms with E-state index in [9.17, 15) is 0 Å². The molecule has 0 amide bonds. The maximum atomic E-state index is 8.81. The number of aliphatic hydroxyl groups excluding tert-OH is 1. The number of carbonyl (C=O) groups excluding carboxylic acids is 1. The van der Waals surface area contributed by atoms with Gasteiger partial charge in [-0.1, -0.05) is 35.7 Å². The summed E-state index contributed by atoms with van der Waals surface area (Å²) in [6.07, 6.45) is 7.31. The Bertz CT molecular complexity index is 124. The summed E-state index contributed by atoms with van der Waals surface area (Å²) in [4.78, 5) is 9.66. The monoisotopic (exact) mass is 295 g/mol. The first-order chi connectivity index (χ1) is 7.72. The van der Waals surface area contributed by atoms with Gasteiger partial charge >= 0.3 is 0 Å². The molecule has 0 unspecified atom stereocenters. The number of hydrogen-bond donors (Lipinski definition) is 2. The summed E-state index contributed by atoms with van der Waals surface area (Å²) in [5.74, 6) is 0. The van der Waals surface area contributed by atoms with Gasteiger partial charge in [-0.3, -0.25) is 0 Å². The first-order valence-electron chi connectivity index (χ1n) is 6.08. The molecule has 2 N–H and O–H groups in total. The summed E-state index contributed by atoms with van der Waals surface area (Å²) in [7, 11) is 0. The average Bonchev–Trinajstić information content (AvgIpc) is 2.72. The Kier molecular flexibility index (Phi) is 20.1. The van der Waals surface area contributed by atoms with E-state index >= 15 is 0 Å². The Morgan fingerprint density at radius 2 is 1.94 bits per heavy atom. The molecule has 0 radical (unpaired) electrons. The molecule has 0 bridgehead atoms. The lowest BCUT2D eigenvalue weighted by Crippen LogP contribution is -2.14. The van der Waals surface area contributed by atoms with Crippen LogP contribution < -0.4 is 5.32 Å². The zero-order valence-corrected chi connectivity index (χ0v) is 12.1.